The lowest BCUT2D eigenvalue weighted by molar-refractivity contribution is 0.528. The van der Waals surface area contributed by atoms with Crippen molar-refractivity contribution in [2.75, 3.05) is 0 Å². The zero-order valence-electron chi connectivity index (χ0n) is 11.4. The van der Waals surface area contributed by atoms with Gasteiger partial charge in [-0.05, 0) is 37.1 Å². The summed E-state index contributed by atoms with van der Waals surface area (Å²) < 4.78 is 1.89. The summed E-state index contributed by atoms with van der Waals surface area (Å²) in [6.07, 6.45) is 0.773. The van der Waals surface area contributed by atoms with E-state index in [1.54, 1.807) is 0 Å². The second-order valence-electron chi connectivity index (χ2n) is 4.78. The van der Waals surface area contributed by atoms with Gasteiger partial charge >= 0.3 is 0 Å². The van der Waals surface area contributed by atoms with Crippen molar-refractivity contribution in [3.63, 3.8) is 0 Å². The average Bonchev–Trinajstić information content (AvgIpc) is 2.68. The van der Waals surface area contributed by atoms with E-state index in [9.17, 15) is 0 Å². The van der Waals surface area contributed by atoms with Crippen LogP contribution in [0, 0.1) is 13.8 Å². The molecule has 0 fully saturated rings. The summed E-state index contributed by atoms with van der Waals surface area (Å²) in [5.41, 5.74) is 7.20. The van der Waals surface area contributed by atoms with E-state index < -0.39 is 0 Å². The molecule has 0 aliphatic rings. The van der Waals surface area contributed by atoms with E-state index in [-0.39, 0.29) is 6.04 Å². The summed E-state index contributed by atoms with van der Waals surface area (Å²) in [5.74, 6) is 5.71. The predicted molar refractivity (Wildman–Crippen MR) is 77.9 cm³/mol. The van der Waals surface area contributed by atoms with Gasteiger partial charge in [0, 0.05) is 24.2 Å². The van der Waals surface area contributed by atoms with Gasteiger partial charge in [0.2, 0.25) is 0 Å². The van der Waals surface area contributed by atoms with Gasteiger partial charge in [0.25, 0.3) is 0 Å². The number of nitrogens with one attached hydrogen (secondary N) is 1. The van der Waals surface area contributed by atoms with E-state index in [0.717, 1.165) is 34.0 Å². The second-order valence-corrected chi connectivity index (χ2v) is 5.19. The van der Waals surface area contributed by atoms with E-state index in [1.807, 2.05) is 37.7 Å². The van der Waals surface area contributed by atoms with E-state index in [2.05, 4.69) is 22.7 Å². The van der Waals surface area contributed by atoms with Crippen LogP contribution in [-0.2, 0) is 13.5 Å². The molecule has 5 heteroatoms. The van der Waals surface area contributed by atoms with Crippen LogP contribution in [0.3, 0.4) is 0 Å². The minimum Gasteiger partial charge on any atom is -0.272 e. The fourth-order valence-corrected chi connectivity index (χ4v) is 2.51. The number of benzene rings is 1. The molecule has 0 radical (unpaired) electrons. The fourth-order valence-electron chi connectivity index (χ4n) is 2.32. The number of halogens is 1. The number of hydrogen-bond acceptors (Lipinski definition) is 3. The molecule has 0 aliphatic carbocycles. The van der Waals surface area contributed by atoms with E-state index in [4.69, 9.17) is 17.4 Å². The molecular weight excluding hydrogens is 260 g/mol. The molecule has 4 nitrogen and oxygen atoms in total. The highest BCUT2D eigenvalue weighted by Crippen LogP contribution is 2.26. The molecule has 3 N–H and O–H groups in total. The number of hydrogen-bond donors (Lipinski definition) is 2. The topological polar surface area (TPSA) is 55.9 Å². The molecule has 1 heterocycles. The first-order valence-corrected chi connectivity index (χ1v) is 6.61. The van der Waals surface area contributed by atoms with Crippen molar-refractivity contribution >= 4 is 11.6 Å². The maximum absolute atomic E-state index is 6.17. The van der Waals surface area contributed by atoms with Gasteiger partial charge in [0.15, 0.2) is 0 Å². The first-order valence-electron chi connectivity index (χ1n) is 6.23. The van der Waals surface area contributed by atoms with Crippen LogP contribution in [0.4, 0.5) is 0 Å². The highest BCUT2D eigenvalue weighted by Gasteiger charge is 2.16. The van der Waals surface area contributed by atoms with Gasteiger partial charge in [0.1, 0.15) is 0 Å². The smallest absolute Gasteiger partial charge is 0.0596 e. The first kappa shape index (κ1) is 14.1. The van der Waals surface area contributed by atoms with Crippen molar-refractivity contribution in [2.45, 2.75) is 26.3 Å². The van der Waals surface area contributed by atoms with Gasteiger partial charge in [-0.1, -0.05) is 23.7 Å². The van der Waals surface area contributed by atoms with Gasteiger partial charge in [0.05, 0.1) is 11.7 Å². The average molecular weight is 279 g/mol. The Morgan fingerprint density at radius 1 is 1.42 bits per heavy atom. The van der Waals surface area contributed by atoms with Crippen molar-refractivity contribution in [3.8, 4) is 0 Å². The molecule has 1 aromatic heterocycles. The third-order valence-corrected chi connectivity index (χ3v) is 3.81. The van der Waals surface area contributed by atoms with Gasteiger partial charge in [-0.3, -0.25) is 16.0 Å². The van der Waals surface area contributed by atoms with Gasteiger partial charge in [-0.2, -0.15) is 5.10 Å². The Morgan fingerprint density at radius 3 is 2.74 bits per heavy atom. The van der Waals surface area contributed by atoms with Crippen molar-refractivity contribution < 1.29 is 0 Å². The van der Waals surface area contributed by atoms with Crippen LogP contribution >= 0.6 is 11.6 Å². The molecule has 0 spiro atoms. The zero-order valence-corrected chi connectivity index (χ0v) is 12.2. The van der Waals surface area contributed by atoms with Crippen molar-refractivity contribution in [1.29, 1.82) is 0 Å². The molecule has 1 atom stereocenters. The molecule has 2 aromatic rings. The van der Waals surface area contributed by atoms with Gasteiger partial charge < -0.3 is 0 Å². The lowest BCUT2D eigenvalue weighted by atomic mass is 9.98. The Kier molecular flexibility index (Phi) is 4.24. The van der Waals surface area contributed by atoms with E-state index in [1.165, 1.54) is 0 Å². The predicted octanol–water partition coefficient (Wildman–Crippen LogP) is 2.44. The third-order valence-electron chi connectivity index (χ3n) is 3.40. The van der Waals surface area contributed by atoms with Crippen LogP contribution in [0.25, 0.3) is 0 Å². The molecule has 0 saturated carbocycles. The largest absolute Gasteiger partial charge is 0.272 e. The Hall–Kier alpha value is -1.36. The fraction of sp³-hybridized carbons (Fsp3) is 0.357. The summed E-state index contributed by atoms with van der Waals surface area (Å²) in [6, 6.07) is 7.98. The van der Waals surface area contributed by atoms with Crippen LogP contribution in [0.1, 0.15) is 28.6 Å². The Balaban J connectivity index is 2.30. The molecule has 0 bridgehead atoms. The zero-order chi connectivity index (χ0) is 14.0. The SMILES string of the molecule is Cc1cc(CC(NN)c2cccc(Cl)c2C)n(C)n1. The Morgan fingerprint density at radius 2 is 2.16 bits per heavy atom. The molecule has 102 valence electrons. The highest BCUT2D eigenvalue weighted by atomic mass is 35.5. The number of rotatable bonds is 4. The van der Waals surface area contributed by atoms with Crippen LogP contribution < -0.4 is 11.3 Å². The first-order chi connectivity index (χ1) is 9.02. The number of nitrogens with two attached hydrogens (primary N) is 1. The summed E-state index contributed by atoms with van der Waals surface area (Å²) in [4.78, 5) is 0. The molecule has 19 heavy (non-hydrogen) atoms. The summed E-state index contributed by atoms with van der Waals surface area (Å²) in [6.45, 7) is 4.00. The van der Waals surface area contributed by atoms with E-state index >= 15 is 0 Å². The Bertz CT molecular complexity index is 577. The van der Waals surface area contributed by atoms with Crippen LogP contribution in [0.5, 0.6) is 0 Å². The normalized spacial score (nSPS) is 12.7. The summed E-state index contributed by atoms with van der Waals surface area (Å²) >= 11 is 6.17. The molecule has 0 amide bonds. The Labute approximate surface area is 118 Å². The third kappa shape index (κ3) is 2.97. The molecule has 0 saturated heterocycles. The lowest BCUT2D eigenvalue weighted by Crippen LogP contribution is -2.30. The molecule has 2 rings (SSSR count). The summed E-state index contributed by atoms with van der Waals surface area (Å²) in [7, 11) is 1.95. The van der Waals surface area contributed by atoms with E-state index in [0.29, 0.717) is 0 Å². The van der Waals surface area contributed by atoms with Crippen LogP contribution in [0.2, 0.25) is 5.02 Å². The monoisotopic (exact) mass is 278 g/mol. The molecular formula is C14H19ClN4. The maximum Gasteiger partial charge on any atom is 0.0596 e. The summed E-state index contributed by atoms with van der Waals surface area (Å²) in [5, 5.41) is 5.12. The minimum absolute atomic E-state index is 0.0218. The molecule has 1 aromatic carbocycles. The number of hydrazine groups is 1. The number of aryl methyl sites for hydroxylation is 2. The standard InChI is InChI=1S/C14H19ClN4/c1-9-7-11(19(3)18-9)8-14(17-16)12-5-4-6-13(15)10(12)2/h4-7,14,17H,8,16H2,1-3H3. The second kappa shape index (κ2) is 5.74. The number of aromatic nitrogens is 2. The van der Waals surface area contributed by atoms with Crippen molar-refractivity contribution in [1.82, 2.24) is 15.2 Å². The van der Waals surface area contributed by atoms with Crippen molar-refractivity contribution in [2.24, 2.45) is 12.9 Å². The molecule has 1 unspecified atom stereocenters. The van der Waals surface area contributed by atoms with Crippen molar-refractivity contribution in [3.05, 3.63) is 51.8 Å². The quantitative estimate of drug-likeness (QED) is 0.667. The lowest BCUT2D eigenvalue weighted by Gasteiger charge is -2.19. The van der Waals surface area contributed by atoms with Gasteiger partial charge in [-0.15, -0.1) is 0 Å². The van der Waals surface area contributed by atoms with Crippen LogP contribution in [-0.4, -0.2) is 9.78 Å². The van der Waals surface area contributed by atoms with Gasteiger partial charge in [-0.25, -0.2) is 0 Å². The molecule has 0 aliphatic heterocycles. The maximum atomic E-state index is 6.17. The van der Waals surface area contributed by atoms with Crippen LogP contribution in [0.15, 0.2) is 24.3 Å². The number of nitrogens with zero attached hydrogens (tertiary/aromatic N) is 2. The highest BCUT2D eigenvalue weighted by molar-refractivity contribution is 6.31. The minimum atomic E-state index is 0.0218.